The molecule has 2 aromatic rings. The van der Waals surface area contributed by atoms with E-state index in [1.54, 1.807) is 0 Å². The normalized spacial score (nSPS) is 12.4. The highest BCUT2D eigenvalue weighted by Gasteiger charge is 2.10. The molecule has 0 bridgehead atoms. The van der Waals surface area contributed by atoms with Crippen molar-refractivity contribution < 1.29 is 0 Å². The molecule has 0 amide bonds. The van der Waals surface area contributed by atoms with E-state index >= 15 is 0 Å². The maximum atomic E-state index is 6.49. The maximum Gasteiger partial charge on any atom is 0.0628 e. The van der Waals surface area contributed by atoms with Gasteiger partial charge in [0.1, 0.15) is 0 Å². The van der Waals surface area contributed by atoms with E-state index in [-0.39, 0.29) is 5.38 Å². The van der Waals surface area contributed by atoms with Gasteiger partial charge in [0.15, 0.2) is 0 Å². The van der Waals surface area contributed by atoms with Gasteiger partial charge in [-0.1, -0.05) is 54.1 Å². The fraction of sp³-hybridized carbons (Fsp3) is 0.250. The van der Waals surface area contributed by atoms with E-state index < -0.39 is 0 Å². The second-order valence-electron chi connectivity index (χ2n) is 4.51. The molecule has 0 aliphatic heterocycles. The Labute approximate surface area is 108 Å². The van der Waals surface area contributed by atoms with Gasteiger partial charge in [-0.15, -0.1) is 11.6 Å². The molecule has 0 fully saturated rings. The summed E-state index contributed by atoms with van der Waals surface area (Å²) in [6.07, 6.45) is 0.882. The molecule has 0 aliphatic rings. The highest BCUT2D eigenvalue weighted by Crippen LogP contribution is 2.27. The Kier molecular flexibility index (Phi) is 3.86. The summed E-state index contributed by atoms with van der Waals surface area (Å²) in [7, 11) is 0. The SMILES string of the molecule is Cc1ccc(CC(Cl)c2ccccc2C)cc1. The zero-order valence-electron chi connectivity index (χ0n) is 10.3. The predicted molar refractivity (Wildman–Crippen MR) is 74.7 cm³/mol. The largest absolute Gasteiger partial charge is 0.117 e. The standard InChI is InChI=1S/C16H17Cl/c1-12-7-9-14(10-8-12)11-16(17)15-6-4-3-5-13(15)2/h3-10,16H,11H2,1-2H3. The van der Waals surface area contributed by atoms with Crippen LogP contribution in [-0.4, -0.2) is 0 Å². The molecule has 0 saturated carbocycles. The van der Waals surface area contributed by atoms with Gasteiger partial charge in [0, 0.05) is 0 Å². The quantitative estimate of drug-likeness (QED) is 0.679. The molecule has 0 radical (unpaired) electrons. The third kappa shape index (κ3) is 3.10. The first-order chi connectivity index (χ1) is 8.16. The van der Waals surface area contributed by atoms with Crippen LogP contribution >= 0.6 is 11.6 Å². The number of rotatable bonds is 3. The second-order valence-corrected chi connectivity index (χ2v) is 5.04. The van der Waals surface area contributed by atoms with Gasteiger partial charge in [0.25, 0.3) is 0 Å². The van der Waals surface area contributed by atoms with E-state index in [0.717, 1.165) is 6.42 Å². The lowest BCUT2D eigenvalue weighted by atomic mass is 10.00. The number of halogens is 1. The molecule has 2 rings (SSSR count). The summed E-state index contributed by atoms with van der Waals surface area (Å²) in [5.41, 5.74) is 5.07. The Bertz CT molecular complexity index is 485. The predicted octanol–water partition coefficient (Wildman–Crippen LogP) is 4.83. The topological polar surface area (TPSA) is 0 Å². The van der Waals surface area contributed by atoms with E-state index in [2.05, 4.69) is 50.2 Å². The monoisotopic (exact) mass is 244 g/mol. The van der Waals surface area contributed by atoms with Gasteiger partial charge in [0.2, 0.25) is 0 Å². The summed E-state index contributed by atoms with van der Waals surface area (Å²) in [5.74, 6) is 0. The van der Waals surface area contributed by atoms with Crippen molar-refractivity contribution in [3.63, 3.8) is 0 Å². The van der Waals surface area contributed by atoms with Crippen LogP contribution in [0, 0.1) is 13.8 Å². The molecule has 1 unspecified atom stereocenters. The van der Waals surface area contributed by atoms with Crippen LogP contribution in [0.25, 0.3) is 0 Å². The van der Waals surface area contributed by atoms with Gasteiger partial charge in [-0.05, 0) is 37.0 Å². The Balaban J connectivity index is 2.14. The molecule has 0 N–H and O–H groups in total. The van der Waals surface area contributed by atoms with Crippen LogP contribution in [0.15, 0.2) is 48.5 Å². The Hall–Kier alpha value is -1.27. The minimum Gasteiger partial charge on any atom is -0.117 e. The third-order valence-electron chi connectivity index (χ3n) is 3.06. The lowest BCUT2D eigenvalue weighted by molar-refractivity contribution is 0.909. The van der Waals surface area contributed by atoms with E-state index in [9.17, 15) is 0 Å². The van der Waals surface area contributed by atoms with E-state index in [0.29, 0.717) is 0 Å². The molecule has 1 atom stereocenters. The molecule has 0 aromatic heterocycles. The number of benzene rings is 2. The minimum absolute atomic E-state index is 0.0545. The lowest BCUT2D eigenvalue weighted by Crippen LogP contribution is -1.98. The van der Waals surface area contributed by atoms with E-state index in [4.69, 9.17) is 11.6 Å². The van der Waals surface area contributed by atoms with Gasteiger partial charge in [-0.3, -0.25) is 0 Å². The fourth-order valence-electron chi connectivity index (χ4n) is 1.98. The molecular formula is C16H17Cl. The molecule has 17 heavy (non-hydrogen) atoms. The van der Waals surface area contributed by atoms with Crippen molar-refractivity contribution in [3.05, 3.63) is 70.8 Å². The van der Waals surface area contributed by atoms with Crippen LogP contribution in [0.4, 0.5) is 0 Å². The van der Waals surface area contributed by atoms with Crippen LogP contribution in [0.2, 0.25) is 0 Å². The molecule has 0 saturated heterocycles. The number of aryl methyl sites for hydroxylation is 2. The average Bonchev–Trinajstić information content (AvgIpc) is 2.32. The average molecular weight is 245 g/mol. The van der Waals surface area contributed by atoms with Gasteiger partial charge in [0.05, 0.1) is 5.38 Å². The molecule has 1 heteroatoms. The number of hydrogen-bond acceptors (Lipinski definition) is 0. The first kappa shape index (κ1) is 12.2. The zero-order valence-corrected chi connectivity index (χ0v) is 11.0. The molecule has 0 spiro atoms. The van der Waals surface area contributed by atoms with E-state index in [1.807, 2.05) is 12.1 Å². The van der Waals surface area contributed by atoms with Crippen molar-refractivity contribution in [2.24, 2.45) is 0 Å². The van der Waals surface area contributed by atoms with Gasteiger partial charge in [-0.2, -0.15) is 0 Å². The number of alkyl halides is 1. The Morgan fingerprint density at radius 2 is 1.59 bits per heavy atom. The van der Waals surface area contributed by atoms with Gasteiger partial charge >= 0.3 is 0 Å². The summed E-state index contributed by atoms with van der Waals surface area (Å²) in [6.45, 7) is 4.21. The van der Waals surface area contributed by atoms with Crippen LogP contribution < -0.4 is 0 Å². The van der Waals surface area contributed by atoms with Crippen LogP contribution in [-0.2, 0) is 6.42 Å². The summed E-state index contributed by atoms with van der Waals surface area (Å²) in [5, 5.41) is 0.0545. The number of hydrogen-bond donors (Lipinski definition) is 0. The van der Waals surface area contributed by atoms with Crippen molar-refractivity contribution in [3.8, 4) is 0 Å². The highest BCUT2D eigenvalue weighted by atomic mass is 35.5. The molecule has 0 aliphatic carbocycles. The van der Waals surface area contributed by atoms with E-state index in [1.165, 1.54) is 22.3 Å². The Morgan fingerprint density at radius 1 is 0.941 bits per heavy atom. The first-order valence-corrected chi connectivity index (χ1v) is 6.35. The molecule has 2 aromatic carbocycles. The fourth-order valence-corrected chi connectivity index (χ4v) is 2.40. The second kappa shape index (κ2) is 5.37. The molecule has 0 nitrogen and oxygen atoms in total. The van der Waals surface area contributed by atoms with Gasteiger partial charge in [-0.25, -0.2) is 0 Å². The highest BCUT2D eigenvalue weighted by molar-refractivity contribution is 6.21. The van der Waals surface area contributed by atoms with Gasteiger partial charge < -0.3 is 0 Å². The van der Waals surface area contributed by atoms with Crippen LogP contribution in [0.3, 0.4) is 0 Å². The summed E-state index contributed by atoms with van der Waals surface area (Å²) in [4.78, 5) is 0. The summed E-state index contributed by atoms with van der Waals surface area (Å²) < 4.78 is 0. The van der Waals surface area contributed by atoms with Crippen molar-refractivity contribution in [2.75, 3.05) is 0 Å². The Morgan fingerprint density at radius 3 is 2.24 bits per heavy atom. The molecule has 0 heterocycles. The third-order valence-corrected chi connectivity index (χ3v) is 3.45. The smallest absolute Gasteiger partial charge is 0.0628 e. The van der Waals surface area contributed by atoms with Crippen molar-refractivity contribution >= 4 is 11.6 Å². The van der Waals surface area contributed by atoms with Crippen molar-refractivity contribution in [1.82, 2.24) is 0 Å². The maximum absolute atomic E-state index is 6.49. The summed E-state index contributed by atoms with van der Waals surface area (Å²) >= 11 is 6.49. The van der Waals surface area contributed by atoms with Crippen molar-refractivity contribution in [2.45, 2.75) is 25.6 Å². The molecular weight excluding hydrogens is 228 g/mol. The zero-order chi connectivity index (χ0) is 12.3. The van der Waals surface area contributed by atoms with Crippen molar-refractivity contribution in [1.29, 1.82) is 0 Å². The minimum atomic E-state index is 0.0545. The first-order valence-electron chi connectivity index (χ1n) is 5.92. The summed E-state index contributed by atoms with van der Waals surface area (Å²) in [6, 6.07) is 16.9. The lowest BCUT2D eigenvalue weighted by Gasteiger charge is -2.12. The van der Waals surface area contributed by atoms with Crippen LogP contribution in [0.1, 0.15) is 27.6 Å². The molecule has 88 valence electrons. The van der Waals surface area contributed by atoms with Crippen LogP contribution in [0.5, 0.6) is 0 Å².